The molecule has 0 unspecified atom stereocenters. The van der Waals surface area contributed by atoms with Gasteiger partial charge in [-0.15, -0.1) is 0 Å². The standard InChI is InChI=1S/C15H11N3O5/c1-23-11-4-2-9(3-5-11)13-8-12-14(16-13)6-10(17(19)20)7-15(12)18(21)22/h2-8,16H,1H3. The van der Waals surface area contributed by atoms with E-state index in [2.05, 4.69) is 4.98 Å². The Kier molecular flexibility index (Phi) is 3.41. The second kappa shape index (κ2) is 5.41. The molecule has 0 amide bonds. The van der Waals surface area contributed by atoms with E-state index in [1.165, 1.54) is 6.07 Å². The van der Waals surface area contributed by atoms with Crippen LogP contribution >= 0.6 is 0 Å². The SMILES string of the molecule is COc1ccc(-c2cc3c([N+](=O)[O-])cc([N+](=O)[O-])cc3[nH]2)cc1. The van der Waals surface area contributed by atoms with Crippen LogP contribution in [0.4, 0.5) is 11.4 Å². The maximum Gasteiger partial charge on any atom is 0.285 e. The third kappa shape index (κ3) is 2.57. The summed E-state index contributed by atoms with van der Waals surface area (Å²) < 4.78 is 5.08. The molecule has 0 aliphatic carbocycles. The highest BCUT2D eigenvalue weighted by Gasteiger charge is 2.21. The normalized spacial score (nSPS) is 10.7. The number of nitrogens with one attached hydrogen (secondary N) is 1. The van der Waals surface area contributed by atoms with Gasteiger partial charge < -0.3 is 9.72 Å². The van der Waals surface area contributed by atoms with Gasteiger partial charge in [0.15, 0.2) is 0 Å². The molecule has 0 saturated carbocycles. The van der Waals surface area contributed by atoms with Gasteiger partial charge in [0.25, 0.3) is 11.4 Å². The molecule has 116 valence electrons. The van der Waals surface area contributed by atoms with E-state index in [9.17, 15) is 20.2 Å². The molecule has 0 aliphatic rings. The summed E-state index contributed by atoms with van der Waals surface area (Å²) in [5, 5.41) is 22.4. The lowest BCUT2D eigenvalue weighted by atomic mass is 10.1. The molecule has 3 aromatic rings. The first-order valence-electron chi connectivity index (χ1n) is 6.59. The molecule has 1 aromatic heterocycles. The van der Waals surface area contributed by atoms with E-state index in [1.807, 2.05) is 0 Å². The predicted molar refractivity (Wildman–Crippen MR) is 83.6 cm³/mol. The van der Waals surface area contributed by atoms with Crippen molar-refractivity contribution < 1.29 is 14.6 Å². The van der Waals surface area contributed by atoms with Gasteiger partial charge in [-0.25, -0.2) is 0 Å². The fourth-order valence-electron chi connectivity index (χ4n) is 2.39. The van der Waals surface area contributed by atoms with E-state index in [4.69, 9.17) is 4.74 Å². The first kappa shape index (κ1) is 14.5. The average Bonchev–Trinajstić information content (AvgIpc) is 2.97. The van der Waals surface area contributed by atoms with Crippen molar-refractivity contribution in [2.75, 3.05) is 7.11 Å². The maximum atomic E-state index is 11.2. The summed E-state index contributed by atoms with van der Waals surface area (Å²) in [6.45, 7) is 0. The summed E-state index contributed by atoms with van der Waals surface area (Å²) in [4.78, 5) is 23.8. The summed E-state index contributed by atoms with van der Waals surface area (Å²) >= 11 is 0. The molecule has 0 radical (unpaired) electrons. The fraction of sp³-hybridized carbons (Fsp3) is 0.0667. The van der Waals surface area contributed by atoms with Crippen LogP contribution in [-0.4, -0.2) is 21.9 Å². The molecular formula is C15H11N3O5. The van der Waals surface area contributed by atoms with E-state index in [0.717, 1.165) is 11.6 Å². The highest BCUT2D eigenvalue weighted by atomic mass is 16.6. The van der Waals surface area contributed by atoms with Crippen molar-refractivity contribution in [1.82, 2.24) is 4.98 Å². The summed E-state index contributed by atoms with van der Waals surface area (Å²) in [6, 6.07) is 11.0. The summed E-state index contributed by atoms with van der Waals surface area (Å²) in [6.07, 6.45) is 0. The fourth-order valence-corrected chi connectivity index (χ4v) is 2.39. The van der Waals surface area contributed by atoms with Gasteiger partial charge in [-0.05, 0) is 35.9 Å². The minimum Gasteiger partial charge on any atom is -0.497 e. The van der Waals surface area contributed by atoms with Crippen molar-refractivity contribution in [1.29, 1.82) is 0 Å². The first-order valence-corrected chi connectivity index (χ1v) is 6.59. The number of hydrogen-bond donors (Lipinski definition) is 1. The van der Waals surface area contributed by atoms with Crippen LogP contribution in [0.25, 0.3) is 22.2 Å². The highest BCUT2D eigenvalue weighted by Crippen LogP contribution is 2.34. The Morgan fingerprint density at radius 3 is 2.26 bits per heavy atom. The lowest BCUT2D eigenvalue weighted by Crippen LogP contribution is -1.93. The number of hydrogen-bond acceptors (Lipinski definition) is 5. The zero-order chi connectivity index (χ0) is 16.6. The number of non-ortho nitro benzene ring substituents is 2. The third-order valence-corrected chi connectivity index (χ3v) is 3.51. The van der Waals surface area contributed by atoms with Crippen molar-refractivity contribution in [3.8, 4) is 17.0 Å². The Morgan fingerprint density at radius 1 is 1.00 bits per heavy atom. The molecule has 8 heteroatoms. The second-order valence-corrected chi connectivity index (χ2v) is 4.85. The lowest BCUT2D eigenvalue weighted by Gasteiger charge is -2.01. The van der Waals surface area contributed by atoms with E-state index >= 15 is 0 Å². The van der Waals surface area contributed by atoms with Crippen molar-refractivity contribution in [3.63, 3.8) is 0 Å². The molecule has 0 spiro atoms. The van der Waals surface area contributed by atoms with Gasteiger partial charge in [-0.2, -0.15) is 0 Å². The van der Waals surface area contributed by atoms with Gasteiger partial charge in [0.05, 0.1) is 33.9 Å². The zero-order valence-electron chi connectivity index (χ0n) is 12.0. The lowest BCUT2D eigenvalue weighted by molar-refractivity contribution is -0.393. The van der Waals surface area contributed by atoms with E-state index < -0.39 is 9.85 Å². The molecule has 1 N–H and O–H groups in total. The number of ether oxygens (including phenoxy) is 1. The van der Waals surface area contributed by atoms with E-state index in [0.29, 0.717) is 22.3 Å². The smallest absolute Gasteiger partial charge is 0.285 e. The van der Waals surface area contributed by atoms with Gasteiger partial charge in [0.2, 0.25) is 0 Å². The number of aromatic amines is 1. The molecule has 0 atom stereocenters. The van der Waals surface area contributed by atoms with E-state index in [1.54, 1.807) is 37.4 Å². The number of rotatable bonds is 4. The molecule has 23 heavy (non-hydrogen) atoms. The van der Waals surface area contributed by atoms with Gasteiger partial charge in [0.1, 0.15) is 5.75 Å². The van der Waals surface area contributed by atoms with Gasteiger partial charge in [-0.3, -0.25) is 20.2 Å². The van der Waals surface area contributed by atoms with Crippen molar-refractivity contribution in [3.05, 3.63) is 62.7 Å². The topological polar surface area (TPSA) is 111 Å². The second-order valence-electron chi connectivity index (χ2n) is 4.85. The Balaban J connectivity index is 2.18. The van der Waals surface area contributed by atoms with E-state index in [-0.39, 0.29) is 11.4 Å². The minimum absolute atomic E-state index is 0.301. The van der Waals surface area contributed by atoms with Crippen molar-refractivity contribution >= 4 is 22.3 Å². The predicted octanol–water partition coefficient (Wildman–Crippen LogP) is 3.66. The molecular weight excluding hydrogens is 302 g/mol. The summed E-state index contributed by atoms with van der Waals surface area (Å²) in [5.41, 5.74) is 1.14. The Bertz CT molecular complexity index is 915. The number of nitro groups is 2. The molecule has 0 saturated heterocycles. The van der Waals surface area contributed by atoms with Gasteiger partial charge in [0, 0.05) is 11.8 Å². The van der Waals surface area contributed by atoms with Crippen LogP contribution in [0.5, 0.6) is 5.75 Å². The maximum absolute atomic E-state index is 11.2. The number of H-pyrrole nitrogens is 1. The van der Waals surface area contributed by atoms with Gasteiger partial charge in [-0.1, -0.05) is 0 Å². The number of benzene rings is 2. The van der Waals surface area contributed by atoms with Crippen LogP contribution in [0, 0.1) is 20.2 Å². The van der Waals surface area contributed by atoms with Crippen molar-refractivity contribution in [2.24, 2.45) is 0 Å². The number of methoxy groups -OCH3 is 1. The minimum atomic E-state index is -0.652. The Hall–Kier alpha value is -3.42. The van der Waals surface area contributed by atoms with Gasteiger partial charge >= 0.3 is 0 Å². The number of nitro benzene ring substituents is 2. The van der Waals surface area contributed by atoms with Crippen LogP contribution in [0.15, 0.2) is 42.5 Å². The molecule has 3 rings (SSSR count). The quantitative estimate of drug-likeness (QED) is 0.583. The summed E-state index contributed by atoms with van der Waals surface area (Å²) in [5.74, 6) is 0.687. The molecule has 2 aromatic carbocycles. The molecule has 1 heterocycles. The van der Waals surface area contributed by atoms with Crippen LogP contribution in [0.2, 0.25) is 0 Å². The zero-order valence-corrected chi connectivity index (χ0v) is 12.0. The third-order valence-electron chi connectivity index (χ3n) is 3.51. The van der Waals surface area contributed by atoms with Crippen LogP contribution in [0.3, 0.4) is 0 Å². The average molecular weight is 313 g/mol. The monoisotopic (exact) mass is 313 g/mol. The number of nitrogens with zero attached hydrogens (tertiary/aromatic N) is 2. The number of aromatic nitrogens is 1. The van der Waals surface area contributed by atoms with Crippen molar-refractivity contribution in [2.45, 2.75) is 0 Å². The number of fused-ring (bicyclic) bond motifs is 1. The highest BCUT2D eigenvalue weighted by molar-refractivity contribution is 5.94. The molecule has 0 aliphatic heterocycles. The largest absolute Gasteiger partial charge is 0.497 e. The Labute approximate surface area is 129 Å². The van der Waals surface area contributed by atoms with Crippen LogP contribution in [-0.2, 0) is 0 Å². The Morgan fingerprint density at radius 2 is 1.70 bits per heavy atom. The molecule has 8 nitrogen and oxygen atoms in total. The molecule has 0 fully saturated rings. The van der Waals surface area contributed by atoms with Crippen LogP contribution < -0.4 is 4.74 Å². The summed E-state index contributed by atoms with van der Waals surface area (Å²) in [7, 11) is 1.56. The first-order chi connectivity index (χ1) is 11.0. The van der Waals surface area contributed by atoms with Crippen LogP contribution in [0.1, 0.15) is 0 Å². The molecule has 0 bridgehead atoms.